The first-order chi connectivity index (χ1) is 6.13. The van der Waals surface area contributed by atoms with Gasteiger partial charge in [0.2, 0.25) is 0 Å². The highest BCUT2D eigenvalue weighted by Gasteiger charge is 2.14. The Morgan fingerprint density at radius 1 is 1.85 bits per heavy atom. The topological polar surface area (TPSA) is 92.0 Å². The highest BCUT2D eigenvalue weighted by Crippen LogP contribution is 2.08. The molecule has 0 spiro atoms. The minimum absolute atomic E-state index is 0.279. The van der Waals surface area contributed by atoms with Crippen LogP contribution in [0.3, 0.4) is 0 Å². The van der Waals surface area contributed by atoms with Crippen molar-refractivity contribution in [2.24, 2.45) is 0 Å². The third kappa shape index (κ3) is 2.51. The lowest BCUT2D eigenvalue weighted by molar-refractivity contribution is -0.393. The van der Waals surface area contributed by atoms with Gasteiger partial charge in [0.25, 0.3) is 0 Å². The summed E-state index contributed by atoms with van der Waals surface area (Å²) in [4.78, 5) is 15.7. The van der Waals surface area contributed by atoms with Gasteiger partial charge in [0.15, 0.2) is 5.69 Å². The Hall–Kier alpha value is -1.43. The third-order valence-electron chi connectivity index (χ3n) is 1.71. The van der Waals surface area contributed by atoms with Crippen LogP contribution in [0.25, 0.3) is 0 Å². The number of aromatic nitrogens is 2. The smallest absolute Gasteiger partial charge is 0.393 e. The van der Waals surface area contributed by atoms with Gasteiger partial charge in [0, 0.05) is 6.42 Å². The number of aromatic amines is 1. The fourth-order valence-electron chi connectivity index (χ4n) is 0.932. The Bertz CT molecular complexity index is 297. The molecule has 0 fully saturated rings. The maximum absolute atomic E-state index is 10.2. The van der Waals surface area contributed by atoms with Gasteiger partial charge in [-0.15, -0.1) is 0 Å². The van der Waals surface area contributed by atoms with Gasteiger partial charge in [-0.2, -0.15) is 0 Å². The average Bonchev–Trinajstić information content (AvgIpc) is 2.52. The molecule has 0 aliphatic heterocycles. The van der Waals surface area contributed by atoms with Crippen molar-refractivity contribution in [3.8, 4) is 0 Å². The lowest BCUT2D eigenvalue weighted by Crippen LogP contribution is -2.08. The fraction of sp³-hybridized carbons (Fsp3) is 0.571. The summed E-state index contributed by atoms with van der Waals surface area (Å²) in [6.45, 7) is 1.84. The van der Waals surface area contributed by atoms with E-state index in [9.17, 15) is 15.2 Å². The number of hydrogen-bond donors (Lipinski definition) is 2. The first kappa shape index (κ1) is 9.66. The van der Waals surface area contributed by atoms with Crippen LogP contribution < -0.4 is 0 Å². The molecule has 1 heterocycles. The maximum atomic E-state index is 10.2. The van der Waals surface area contributed by atoms with Crippen molar-refractivity contribution in [3.63, 3.8) is 0 Å². The molecule has 2 N–H and O–H groups in total. The van der Waals surface area contributed by atoms with E-state index in [1.54, 1.807) is 0 Å². The van der Waals surface area contributed by atoms with Crippen LogP contribution in [0, 0.1) is 10.1 Å². The second kappa shape index (κ2) is 3.99. The predicted molar refractivity (Wildman–Crippen MR) is 45.2 cm³/mol. The van der Waals surface area contributed by atoms with E-state index in [0.717, 1.165) is 0 Å². The number of imidazole rings is 1. The lowest BCUT2D eigenvalue weighted by Gasteiger charge is -2.00. The standard InChI is InChI=1S/C7H11N3O3/c1-2-6(11)3-5-4-8-7(9-5)10(12)13/h4,6,11H,2-3H2,1H3,(H,8,9). The number of aliphatic hydroxyl groups excluding tert-OH is 1. The second-order valence-electron chi connectivity index (χ2n) is 2.74. The molecule has 0 aliphatic rings. The summed E-state index contributed by atoms with van der Waals surface area (Å²) in [5, 5.41) is 19.5. The van der Waals surface area contributed by atoms with Crippen LogP contribution in [0.1, 0.15) is 19.0 Å². The number of rotatable bonds is 4. The van der Waals surface area contributed by atoms with E-state index in [2.05, 4.69) is 9.97 Å². The van der Waals surface area contributed by atoms with Crippen LogP contribution in [0.2, 0.25) is 0 Å². The monoisotopic (exact) mass is 185 g/mol. The fourth-order valence-corrected chi connectivity index (χ4v) is 0.932. The number of nitrogens with one attached hydrogen (secondary N) is 1. The van der Waals surface area contributed by atoms with E-state index in [4.69, 9.17) is 0 Å². The van der Waals surface area contributed by atoms with E-state index in [-0.39, 0.29) is 5.95 Å². The summed E-state index contributed by atoms with van der Waals surface area (Å²) >= 11 is 0. The van der Waals surface area contributed by atoms with E-state index in [1.807, 2.05) is 6.92 Å². The first-order valence-corrected chi connectivity index (χ1v) is 4.00. The summed E-state index contributed by atoms with van der Waals surface area (Å²) < 4.78 is 0. The van der Waals surface area contributed by atoms with Crippen molar-refractivity contribution in [1.29, 1.82) is 0 Å². The lowest BCUT2D eigenvalue weighted by atomic mass is 10.2. The van der Waals surface area contributed by atoms with Crippen molar-refractivity contribution < 1.29 is 10.0 Å². The summed E-state index contributed by atoms with van der Waals surface area (Å²) in [7, 11) is 0. The van der Waals surface area contributed by atoms with Crippen LogP contribution >= 0.6 is 0 Å². The van der Waals surface area contributed by atoms with E-state index < -0.39 is 11.0 Å². The Labute approximate surface area is 74.8 Å². The van der Waals surface area contributed by atoms with Gasteiger partial charge in [0.1, 0.15) is 6.20 Å². The Kier molecular flexibility index (Phi) is 2.97. The number of hydrogen-bond acceptors (Lipinski definition) is 4. The Morgan fingerprint density at radius 2 is 2.54 bits per heavy atom. The van der Waals surface area contributed by atoms with E-state index in [1.165, 1.54) is 6.20 Å². The molecule has 0 saturated heterocycles. The largest absolute Gasteiger partial charge is 0.432 e. The van der Waals surface area contributed by atoms with Gasteiger partial charge < -0.3 is 15.2 Å². The number of nitrogens with zero attached hydrogens (tertiary/aromatic N) is 2. The van der Waals surface area contributed by atoms with Gasteiger partial charge in [-0.1, -0.05) is 11.9 Å². The molecule has 0 bridgehead atoms. The van der Waals surface area contributed by atoms with Crippen LogP contribution in [-0.4, -0.2) is 26.1 Å². The zero-order chi connectivity index (χ0) is 9.84. The first-order valence-electron chi connectivity index (χ1n) is 4.00. The number of nitro groups is 1. The van der Waals surface area contributed by atoms with Crippen LogP contribution in [0.4, 0.5) is 5.95 Å². The zero-order valence-corrected chi connectivity index (χ0v) is 7.23. The average molecular weight is 185 g/mol. The van der Waals surface area contributed by atoms with Gasteiger partial charge >= 0.3 is 5.95 Å². The van der Waals surface area contributed by atoms with Crippen molar-refractivity contribution >= 4 is 5.95 Å². The van der Waals surface area contributed by atoms with Crippen LogP contribution in [-0.2, 0) is 6.42 Å². The minimum Gasteiger partial charge on any atom is -0.393 e. The molecule has 0 amide bonds. The quantitative estimate of drug-likeness (QED) is 0.531. The molecule has 1 aromatic rings. The highest BCUT2D eigenvalue weighted by molar-refractivity contribution is 5.11. The van der Waals surface area contributed by atoms with Gasteiger partial charge in [0.05, 0.1) is 6.10 Å². The van der Waals surface area contributed by atoms with Crippen molar-refractivity contribution in [1.82, 2.24) is 9.97 Å². The normalized spacial score (nSPS) is 12.8. The molecule has 13 heavy (non-hydrogen) atoms. The molecule has 0 aliphatic carbocycles. The summed E-state index contributed by atoms with van der Waals surface area (Å²) in [6, 6.07) is 0. The molecule has 0 radical (unpaired) electrons. The molecule has 1 atom stereocenters. The maximum Gasteiger partial charge on any atom is 0.432 e. The molecule has 0 saturated carbocycles. The highest BCUT2D eigenvalue weighted by atomic mass is 16.6. The molecule has 6 heteroatoms. The second-order valence-corrected chi connectivity index (χ2v) is 2.74. The molecule has 0 aromatic carbocycles. The molecule has 1 aromatic heterocycles. The van der Waals surface area contributed by atoms with Crippen LogP contribution in [0.5, 0.6) is 0 Å². The van der Waals surface area contributed by atoms with Crippen molar-refractivity contribution in [2.75, 3.05) is 0 Å². The van der Waals surface area contributed by atoms with E-state index in [0.29, 0.717) is 18.5 Å². The molecule has 1 unspecified atom stereocenters. The van der Waals surface area contributed by atoms with Crippen molar-refractivity contribution in [2.45, 2.75) is 25.9 Å². The summed E-state index contributed by atoms with van der Waals surface area (Å²) in [6.07, 6.45) is 1.92. The number of aliphatic hydroxyl groups is 1. The Morgan fingerprint density at radius 3 is 3.00 bits per heavy atom. The predicted octanol–water partition coefficient (Wildman–Crippen LogP) is 0.631. The molecular formula is C7H11N3O3. The minimum atomic E-state index is -0.595. The molecule has 6 nitrogen and oxygen atoms in total. The molecule has 1 rings (SSSR count). The van der Waals surface area contributed by atoms with Gasteiger partial charge in [-0.05, 0) is 11.3 Å². The number of H-pyrrole nitrogens is 1. The molecular weight excluding hydrogens is 174 g/mol. The van der Waals surface area contributed by atoms with Crippen molar-refractivity contribution in [3.05, 3.63) is 22.0 Å². The molecule has 72 valence electrons. The van der Waals surface area contributed by atoms with Gasteiger partial charge in [-0.3, -0.25) is 0 Å². The van der Waals surface area contributed by atoms with Crippen LogP contribution in [0.15, 0.2) is 6.20 Å². The SMILES string of the molecule is CCC(O)Cc1c[nH]c([N+](=O)[O-])n1. The zero-order valence-electron chi connectivity index (χ0n) is 7.23. The Balaban J connectivity index is 2.64. The third-order valence-corrected chi connectivity index (χ3v) is 1.71. The van der Waals surface area contributed by atoms with E-state index >= 15 is 0 Å². The van der Waals surface area contributed by atoms with Gasteiger partial charge in [-0.25, -0.2) is 4.98 Å². The summed E-state index contributed by atoms with van der Waals surface area (Å²) in [5.41, 5.74) is 0.515. The summed E-state index contributed by atoms with van der Waals surface area (Å²) in [5.74, 6) is -0.279.